The number of amides is 1. The summed E-state index contributed by atoms with van der Waals surface area (Å²) in [6, 6.07) is 8.20. The van der Waals surface area contributed by atoms with E-state index >= 15 is 0 Å². The zero-order chi connectivity index (χ0) is 14.5. The molecule has 1 rings (SSSR count). The molecule has 0 aliphatic carbocycles. The highest BCUT2D eigenvalue weighted by Crippen LogP contribution is 2.18. The number of hydrogen-bond donors (Lipinski definition) is 2. The van der Waals surface area contributed by atoms with E-state index in [0.717, 1.165) is 6.42 Å². The topological polar surface area (TPSA) is 55.1 Å². The van der Waals surface area contributed by atoms with Gasteiger partial charge in [0.25, 0.3) is 0 Å². The van der Waals surface area contributed by atoms with Crippen molar-refractivity contribution in [2.24, 2.45) is 11.1 Å². The molecule has 106 valence electrons. The third kappa shape index (κ3) is 5.03. The Morgan fingerprint density at radius 2 is 1.95 bits per heavy atom. The maximum Gasteiger partial charge on any atom is 0.220 e. The Hall–Kier alpha value is -1.35. The van der Waals surface area contributed by atoms with Crippen LogP contribution < -0.4 is 11.1 Å². The number of benzene rings is 1. The normalized spacial score (nSPS) is 13.1. The van der Waals surface area contributed by atoms with E-state index in [1.165, 1.54) is 11.1 Å². The van der Waals surface area contributed by atoms with Gasteiger partial charge in [0.1, 0.15) is 0 Å². The van der Waals surface area contributed by atoms with Gasteiger partial charge < -0.3 is 11.1 Å². The van der Waals surface area contributed by atoms with Crippen LogP contribution in [0.1, 0.15) is 38.3 Å². The van der Waals surface area contributed by atoms with Gasteiger partial charge in [0.05, 0.1) is 0 Å². The van der Waals surface area contributed by atoms with Crippen molar-refractivity contribution in [1.82, 2.24) is 5.32 Å². The molecule has 0 saturated heterocycles. The summed E-state index contributed by atoms with van der Waals surface area (Å²) in [4.78, 5) is 12.0. The molecule has 1 unspecified atom stereocenters. The quantitative estimate of drug-likeness (QED) is 0.856. The molecule has 3 N–H and O–H groups in total. The maximum atomic E-state index is 12.0. The van der Waals surface area contributed by atoms with Crippen molar-refractivity contribution in [3.05, 3.63) is 35.4 Å². The van der Waals surface area contributed by atoms with Crippen LogP contribution in [-0.4, -0.2) is 18.5 Å². The van der Waals surface area contributed by atoms with Crippen molar-refractivity contribution in [3.63, 3.8) is 0 Å². The van der Waals surface area contributed by atoms with Crippen LogP contribution in [0, 0.1) is 12.3 Å². The third-order valence-electron chi connectivity index (χ3n) is 3.50. The van der Waals surface area contributed by atoms with Crippen LogP contribution in [0.5, 0.6) is 0 Å². The molecule has 0 saturated carbocycles. The smallest absolute Gasteiger partial charge is 0.220 e. The molecule has 1 atom stereocenters. The molecule has 0 radical (unpaired) electrons. The monoisotopic (exact) mass is 262 g/mol. The number of carbonyl (C=O) groups excluding carboxylic acids is 1. The van der Waals surface area contributed by atoms with Gasteiger partial charge in [0, 0.05) is 19.0 Å². The van der Waals surface area contributed by atoms with Crippen LogP contribution in [0.2, 0.25) is 0 Å². The Morgan fingerprint density at radius 3 is 2.47 bits per heavy atom. The predicted molar refractivity (Wildman–Crippen MR) is 79.9 cm³/mol. The van der Waals surface area contributed by atoms with Gasteiger partial charge in [0.15, 0.2) is 0 Å². The van der Waals surface area contributed by atoms with E-state index in [4.69, 9.17) is 5.73 Å². The molecule has 3 heteroatoms. The highest BCUT2D eigenvalue weighted by atomic mass is 16.1. The second-order valence-electron chi connectivity index (χ2n) is 6.15. The first kappa shape index (κ1) is 15.7. The van der Waals surface area contributed by atoms with Crippen molar-refractivity contribution in [1.29, 1.82) is 0 Å². The van der Waals surface area contributed by atoms with E-state index in [-0.39, 0.29) is 17.4 Å². The molecule has 0 aromatic heterocycles. The number of rotatable bonds is 5. The predicted octanol–water partition coefficient (Wildman–Crippen LogP) is 2.42. The summed E-state index contributed by atoms with van der Waals surface area (Å²) in [5, 5.41) is 3.03. The number of aryl methyl sites for hydroxylation is 2. The van der Waals surface area contributed by atoms with Gasteiger partial charge in [-0.2, -0.15) is 0 Å². The molecule has 1 aromatic carbocycles. The van der Waals surface area contributed by atoms with Crippen molar-refractivity contribution in [3.8, 4) is 0 Å². The lowest BCUT2D eigenvalue weighted by Gasteiger charge is -2.30. The van der Waals surface area contributed by atoms with Crippen LogP contribution in [0.4, 0.5) is 0 Å². The second-order valence-corrected chi connectivity index (χ2v) is 6.15. The van der Waals surface area contributed by atoms with Gasteiger partial charge in [-0.15, -0.1) is 0 Å². The molecule has 0 aliphatic heterocycles. The van der Waals surface area contributed by atoms with E-state index < -0.39 is 0 Å². The van der Waals surface area contributed by atoms with Crippen LogP contribution in [0.3, 0.4) is 0 Å². The van der Waals surface area contributed by atoms with Crippen molar-refractivity contribution < 1.29 is 4.79 Å². The lowest BCUT2D eigenvalue weighted by molar-refractivity contribution is -0.122. The van der Waals surface area contributed by atoms with E-state index in [2.05, 4.69) is 45.1 Å². The minimum absolute atomic E-state index is 0.00687. The van der Waals surface area contributed by atoms with Crippen molar-refractivity contribution >= 4 is 5.91 Å². The lowest BCUT2D eigenvalue weighted by atomic mass is 9.86. The Bertz CT molecular complexity index is 421. The summed E-state index contributed by atoms with van der Waals surface area (Å²) in [5.41, 5.74) is 8.19. The number of nitrogens with one attached hydrogen (secondary N) is 1. The van der Waals surface area contributed by atoms with Crippen LogP contribution in [-0.2, 0) is 11.2 Å². The van der Waals surface area contributed by atoms with Gasteiger partial charge in [-0.3, -0.25) is 4.79 Å². The number of hydrogen-bond acceptors (Lipinski definition) is 2. The van der Waals surface area contributed by atoms with Crippen LogP contribution in [0.25, 0.3) is 0 Å². The van der Waals surface area contributed by atoms with Gasteiger partial charge in [-0.25, -0.2) is 0 Å². The lowest BCUT2D eigenvalue weighted by Crippen LogP contribution is -2.48. The molecule has 3 nitrogen and oxygen atoms in total. The Balaban J connectivity index is 2.50. The maximum absolute atomic E-state index is 12.0. The second kappa shape index (κ2) is 6.71. The Labute approximate surface area is 116 Å². The summed E-state index contributed by atoms with van der Waals surface area (Å²) in [6.07, 6.45) is 1.29. The van der Waals surface area contributed by atoms with Gasteiger partial charge in [0.2, 0.25) is 5.91 Å². The third-order valence-corrected chi connectivity index (χ3v) is 3.50. The van der Waals surface area contributed by atoms with E-state index in [1.54, 1.807) is 0 Å². The molecule has 1 aromatic rings. The molecule has 0 fully saturated rings. The SMILES string of the molecule is Cc1ccccc1CCC(=O)NC(CN)C(C)(C)C. The van der Waals surface area contributed by atoms with Crippen molar-refractivity contribution in [2.75, 3.05) is 6.54 Å². The molecule has 0 aliphatic rings. The van der Waals surface area contributed by atoms with E-state index in [1.807, 2.05) is 12.1 Å². The minimum Gasteiger partial charge on any atom is -0.352 e. The molecule has 1 amide bonds. The minimum atomic E-state index is -0.00687. The first-order valence-corrected chi connectivity index (χ1v) is 6.88. The molecular weight excluding hydrogens is 236 g/mol. The van der Waals surface area contributed by atoms with Gasteiger partial charge >= 0.3 is 0 Å². The fourth-order valence-corrected chi connectivity index (χ4v) is 2.03. The number of carbonyl (C=O) groups is 1. The average molecular weight is 262 g/mol. The molecular formula is C16H26N2O. The molecule has 0 bridgehead atoms. The van der Waals surface area contributed by atoms with Crippen LogP contribution in [0.15, 0.2) is 24.3 Å². The molecule has 0 spiro atoms. The highest BCUT2D eigenvalue weighted by molar-refractivity contribution is 5.76. The zero-order valence-corrected chi connectivity index (χ0v) is 12.5. The zero-order valence-electron chi connectivity index (χ0n) is 12.5. The first-order chi connectivity index (χ1) is 8.84. The summed E-state index contributed by atoms with van der Waals surface area (Å²) in [6.45, 7) is 8.81. The summed E-state index contributed by atoms with van der Waals surface area (Å²) < 4.78 is 0. The Morgan fingerprint density at radius 1 is 1.32 bits per heavy atom. The first-order valence-electron chi connectivity index (χ1n) is 6.88. The van der Waals surface area contributed by atoms with Crippen LogP contribution >= 0.6 is 0 Å². The van der Waals surface area contributed by atoms with Crippen molar-refractivity contribution in [2.45, 2.75) is 46.6 Å². The fourth-order valence-electron chi connectivity index (χ4n) is 2.03. The van der Waals surface area contributed by atoms with Gasteiger partial charge in [-0.1, -0.05) is 45.0 Å². The average Bonchev–Trinajstić information content (AvgIpc) is 2.33. The summed E-state index contributed by atoms with van der Waals surface area (Å²) >= 11 is 0. The fraction of sp³-hybridized carbons (Fsp3) is 0.562. The largest absolute Gasteiger partial charge is 0.352 e. The van der Waals surface area contributed by atoms with E-state index in [0.29, 0.717) is 13.0 Å². The standard InChI is InChI=1S/C16H26N2O/c1-12-7-5-6-8-13(12)9-10-15(19)18-14(11-17)16(2,3)4/h5-8,14H,9-11,17H2,1-4H3,(H,18,19). The summed E-state index contributed by atoms with van der Waals surface area (Å²) in [5.74, 6) is 0.0774. The molecule has 0 heterocycles. The van der Waals surface area contributed by atoms with E-state index in [9.17, 15) is 4.79 Å². The molecule has 19 heavy (non-hydrogen) atoms. The Kier molecular flexibility index (Phi) is 5.55. The highest BCUT2D eigenvalue weighted by Gasteiger charge is 2.24. The van der Waals surface area contributed by atoms with Gasteiger partial charge in [-0.05, 0) is 29.9 Å². The number of nitrogens with two attached hydrogens (primary N) is 1. The summed E-state index contributed by atoms with van der Waals surface area (Å²) in [7, 11) is 0.